The summed E-state index contributed by atoms with van der Waals surface area (Å²) in [5.41, 5.74) is 7.12. The van der Waals surface area contributed by atoms with Crippen molar-refractivity contribution in [1.29, 1.82) is 0 Å². The molecule has 0 saturated heterocycles. The largest absolute Gasteiger partial charge is 0.497 e. The number of H-pyrrole nitrogens is 1. The Kier molecular flexibility index (Phi) is 3.62. The van der Waals surface area contributed by atoms with Crippen LogP contribution in [-0.4, -0.2) is 22.3 Å². The Balaban J connectivity index is 2.20. The lowest BCUT2D eigenvalue weighted by Gasteiger charge is -2.09. The molecule has 96 valence electrons. The number of nitrogens with zero attached hydrogens (tertiary/aromatic N) is 2. The van der Waals surface area contributed by atoms with Crippen LogP contribution in [-0.2, 0) is 0 Å². The van der Waals surface area contributed by atoms with Gasteiger partial charge in [-0.25, -0.2) is 4.98 Å². The van der Waals surface area contributed by atoms with Gasteiger partial charge in [-0.2, -0.15) is 5.10 Å². The van der Waals surface area contributed by atoms with Crippen molar-refractivity contribution in [2.45, 2.75) is 25.8 Å². The van der Waals surface area contributed by atoms with Crippen LogP contribution in [0.1, 0.15) is 43.0 Å². The molecular formula is C13H18N4O. The predicted octanol–water partition coefficient (Wildman–Crippen LogP) is 1.98. The summed E-state index contributed by atoms with van der Waals surface area (Å²) < 4.78 is 5.11. The maximum Gasteiger partial charge on any atom is 0.153 e. The molecule has 3 N–H and O–H groups in total. The summed E-state index contributed by atoms with van der Waals surface area (Å²) in [5.74, 6) is 2.57. The topological polar surface area (TPSA) is 76.8 Å². The van der Waals surface area contributed by atoms with Crippen LogP contribution in [0.4, 0.5) is 0 Å². The SMILES string of the molecule is COc1ccc([C@@H](N)c2nc(C(C)C)n[nH]2)cc1. The van der Waals surface area contributed by atoms with Gasteiger partial charge in [-0.1, -0.05) is 26.0 Å². The molecule has 0 aliphatic carbocycles. The first kappa shape index (κ1) is 12.6. The van der Waals surface area contributed by atoms with E-state index in [0.717, 1.165) is 17.1 Å². The molecule has 1 atom stereocenters. The van der Waals surface area contributed by atoms with Gasteiger partial charge in [0.15, 0.2) is 5.82 Å². The first-order chi connectivity index (χ1) is 8.61. The van der Waals surface area contributed by atoms with Crippen molar-refractivity contribution in [2.75, 3.05) is 7.11 Å². The number of nitrogens with two attached hydrogens (primary N) is 1. The summed E-state index contributed by atoms with van der Waals surface area (Å²) in [6.45, 7) is 4.09. The molecule has 1 heterocycles. The summed E-state index contributed by atoms with van der Waals surface area (Å²) in [5, 5.41) is 7.05. The number of rotatable bonds is 4. The van der Waals surface area contributed by atoms with Crippen molar-refractivity contribution in [3.8, 4) is 5.75 Å². The van der Waals surface area contributed by atoms with Gasteiger partial charge in [-0.15, -0.1) is 0 Å². The fourth-order valence-corrected chi connectivity index (χ4v) is 1.65. The first-order valence-corrected chi connectivity index (χ1v) is 5.93. The second-order valence-corrected chi connectivity index (χ2v) is 4.48. The average molecular weight is 246 g/mol. The molecule has 5 nitrogen and oxygen atoms in total. The van der Waals surface area contributed by atoms with Gasteiger partial charge >= 0.3 is 0 Å². The van der Waals surface area contributed by atoms with Gasteiger partial charge in [0.2, 0.25) is 0 Å². The van der Waals surface area contributed by atoms with Crippen LogP contribution < -0.4 is 10.5 Å². The molecule has 1 aromatic carbocycles. The number of aromatic nitrogens is 3. The number of hydrogen-bond donors (Lipinski definition) is 2. The lowest BCUT2D eigenvalue weighted by molar-refractivity contribution is 0.414. The highest BCUT2D eigenvalue weighted by Gasteiger charge is 2.15. The Morgan fingerprint density at radius 2 is 1.89 bits per heavy atom. The van der Waals surface area contributed by atoms with Gasteiger partial charge in [-0.05, 0) is 17.7 Å². The fraction of sp³-hybridized carbons (Fsp3) is 0.385. The Hall–Kier alpha value is -1.88. The van der Waals surface area contributed by atoms with E-state index in [1.165, 1.54) is 0 Å². The number of aromatic amines is 1. The van der Waals surface area contributed by atoms with E-state index in [9.17, 15) is 0 Å². The molecule has 2 aromatic rings. The zero-order valence-corrected chi connectivity index (χ0v) is 10.8. The summed E-state index contributed by atoms with van der Waals surface area (Å²) in [6.07, 6.45) is 0. The number of nitrogens with one attached hydrogen (secondary N) is 1. The van der Waals surface area contributed by atoms with Crippen molar-refractivity contribution < 1.29 is 4.74 Å². The summed E-state index contributed by atoms with van der Waals surface area (Å²) in [6, 6.07) is 7.34. The van der Waals surface area contributed by atoms with Gasteiger partial charge in [-0.3, -0.25) is 5.10 Å². The minimum atomic E-state index is -0.295. The van der Waals surface area contributed by atoms with Crippen LogP contribution in [0.15, 0.2) is 24.3 Å². The van der Waals surface area contributed by atoms with Crippen LogP contribution >= 0.6 is 0 Å². The molecule has 5 heteroatoms. The molecule has 1 aromatic heterocycles. The van der Waals surface area contributed by atoms with Gasteiger partial charge in [0, 0.05) is 5.92 Å². The molecule has 0 spiro atoms. The number of benzene rings is 1. The number of methoxy groups -OCH3 is 1. The monoisotopic (exact) mass is 246 g/mol. The maximum absolute atomic E-state index is 6.15. The lowest BCUT2D eigenvalue weighted by Crippen LogP contribution is -2.13. The van der Waals surface area contributed by atoms with Crippen LogP contribution in [0.2, 0.25) is 0 Å². The lowest BCUT2D eigenvalue weighted by atomic mass is 10.1. The number of hydrogen-bond acceptors (Lipinski definition) is 4. The second kappa shape index (κ2) is 5.18. The molecule has 18 heavy (non-hydrogen) atoms. The normalized spacial score (nSPS) is 12.7. The van der Waals surface area contributed by atoms with E-state index < -0.39 is 0 Å². The van der Waals surface area contributed by atoms with E-state index in [1.807, 2.05) is 38.1 Å². The second-order valence-electron chi connectivity index (χ2n) is 4.48. The van der Waals surface area contributed by atoms with Gasteiger partial charge in [0.05, 0.1) is 13.2 Å². The molecule has 0 bridgehead atoms. The Morgan fingerprint density at radius 3 is 2.39 bits per heavy atom. The highest BCUT2D eigenvalue weighted by Crippen LogP contribution is 2.20. The van der Waals surface area contributed by atoms with E-state index in [0.29, 0.717) is 5.82 Å². The van der Waals surface area contributed by atoms with E-state index in [2.05, 4.69) is 15.2 Å². The van der Waals surface area contributed by atoms with Crippen molar-refractivity contribution in [2.24, 2.45) is 5.73 Å². The molecular weight excluding hydrogens is 228 g/mol. The molecule has 0 aliphatic rings. The van der Waals surface area contributed by atoms with Crippen molar-refractivity contribution in [3.05, 3.63) is 41.5 Å². The summed E-state index contributed by atoms with van der Waals surface area (Å²) in [7, 11) is 1.64. The third kappa shape index (κ3) is 2.51. The van der Waals surface area contributed by atoms with Gasteiger partial charge in [0.25, 0.3) is 0 Å². The van der Waals surface area contributed by atoms with Crippen LogP contribution in [0.25, 0.3) is 0 Å². The molecule has 0 fully saturated rings. The van der Waals surface area contributed by atoms with Crippen LogP contribution in [0, 0.1) is 0 Å². The molecule has 2 rings (SSSR count). The molecule has 0 unspecified atom stereocenters. The van der Waals surface area contributed by atoms with Crippen molar-refractivity contribution in [3.63, 3.8) is 0 Å². The van der Waals surface area contributed by atoms with Crippen LogP contribution in [0.3, 0.4) is 0 Å². The van der Waals surface area contributed by atoms with Crippen molar-refractivity contribution >= 4 is 0 Å². The third-order valence-electron chi connectivity index (χ3n) is 2.81. The Labute approximate surface area is 106 Å². The standard InChI is InChI=1S/C13H18N4O/c1-8(2)12-15-13(17-16-12)11(14)9-4-6-10(18-3)7-5-9/h4-8,11H,14H2,1-3H3,(H,15,16,17)/t11-/m1/s1. The molecule has 0 amide bonds. The summed E-state index contributed by atoms with van der Waals surface area (Å²) >= 11 is 0. The average Bonchev–Trinajstić information content (AvgIpc) is 2.88. The minimum Gasteiger partial charge on any atom is -0.497 e. The van der Waals surface area contributed by atoms with Crippen LogP contribution in [0.5, 0.6) is 5.75 Å². The Bertz CT molecular complexity index is 504. The van der Waals surface area contributed by atoms with E-state index in [1.54, 1.807) is 7.11 Å². The quantitative estimate of drug-likeness (QED) is 0.864. The van der Waals surface area contributed by atoms with Gasteiger partial charge < -0.3 is 10.5 Å². The van der Waals surface area contributed by atoms with E-state index in [4.69, 9.17) is 10.5 Å². The van der Waals surface area contributed by atoms with E-state index >= 15 is 0 Å². The third-order valence-corrected chi connectivity index (χ3v) is 2.81. The summed E-state index contributed by atoms with van der Waals surface area (Å²) in [4.78, 5) is 4.41. The Morgan fingerprint density at radius 1 is 1.22 bits per heavy atom. The first-order valence-electron chi connectivity index (χ1n) is 5.93. The van der Waals surface area contributed by atoms with E-state index in [-0.39, 0.29) is 12.0 Å². The molecule has 0 aliphatic heterocycles. The van der Waals surface area contributed by atoms with Gasteiger partial charge in [0.1, 0.15) is 11.6 Å². The smallest absolute Gasteiger partial charge is 0.153 e. The zero-order valence-electron chi connectivity index (χ0n) is 10.8. The number of ether oxygens (including phenoxy) is 1. The predicted molar refractivity (Wildman–Crippen MR) is 69.5 cm³/mol. The maximum atomic E-state index is 6.15. The highest BCUT2D eigenvalue weighted by molar-refractivity contribution is 5.31. The molecule has 0 saturated carbocycles. The minimum absolute atomic E-state index is 0.290. The molecule has 0 radical (unpaired) electrons. The fourth-order valence-electron chi connectivity index (χ4n) is 1.65. The highest BCUT2D eigenvalue weighted by atomic mass is 16.5. The zero-order chi connectivity index (χ0) is 13.1. The van der Waals surface area contributed by atoms with Crippen molar-refractivity contribution in [1.82, 2.24) is 15.2 Å².